The molecule has 4 heteroatoms. The molecule has 2 N–H and O–H groups in total. The Morgan fingerprint density at radius 3 is 2.48 bits per heavy atom. The maximum Gasteiger partial charge on any atom is 0.161 e. The molecule has 0 saturated heterocycles. The van der Waals surface area contributed by atoms with Gasteiger partial charge in [-0.05, 0) is 23.8 Å². The SMILES string of the molecule is COc1cc2c(cc1OC)C(c1ccccc1Cl)[NH2+]CC2. The van der Waals surface area contributed by atoms with Crippen molar-refractivity contribution in [3.05, 3.63) is 58.1 Å². The fourth-order valence-electron chi connectivity index (χ4n) is 3.00. The average molecular weight is 305 g/mol. The Morgan fingerprint density at radius 1 is 1.05 bits per heavy atom. The summed E-state index contributed by atoms with van der Waals surface area (Å²) in [6.07, 6.45) is 1.02. The lowest BCUT2D eigenvalue weighted by Crippen LogP contribution is -2.87. The second kappa shape index (κ2) is 5.96. The van der Waals surface area contributed by atoms with Crippen molar-refractivity contribution in [1.29, 1.82) is 0 Å². The van der Waals surface area contributed by atoms with Gasteiger partial charge in [0.15, 0.2) is 11.5 Å². The monoisotopic (exact) mass is 304 g/mol. The van der Waals surface area contributed by atoms with Crippen LogP contribution in [0.15, 0.2) is 36.4 Å². The summed E-state index contributed by atoms with van der Waals surface area (Å²) in [5, 5.41) is 3.14. The Labute approximate surface area is 129 Å². The molecule has 3 rings (SSSR count). The molecule has 0 fully saturated rings. The van der Waals surface area contributed by atoms with E-state index in [1.54, 1.807) is 14.2 Å². The van der Waals surface area contributed by atoms with E-state index < -0.39 is 0 Å². The molecule has 0 radical (unpaired) electrons. The highest BCUT2D eigenvalue weighted by molar-refractivity contribution is 6.31. The lowest BCUT2D eigenvalue weighted by atomic mass is 9.89. The minimum atomic E-state index is 0.210. The van der Waals surface area contributed by atoms with Gasteiger partial charge in [0.25, 0.3) is 0 Å². The zero-order chi connectivity index (χ0) is 14.8. The molecule has 2 aromatic rings. The second-order valence-corrected chi connectivity index (χ2v) is 5.59. The predicted molar refractivity (Wildman–Crippen MR) is 83.3 cm³/mol. The van der Waals surface area contributed by atoms with Gasteiger partial charge in [0, 0.05) is 17.5 Å². The number of rotatable bonds is 3. The van der Waals surface area contributed by atoms with E-state index in [-0.39, 0.29) is 6.04 Å². The van der Waals surface area contributed by atoms with Gasteiger partial charge >= 0.3 is 0 Å². The standard InChI is InChI=1S/C17H18ClNO2/c1-20-15-9-11-7-8-19-17(13(11)10-16(15)21-2)12-5-3-4-6-14(12)18/h3-6,9-10,17,19H,7-8H2,1-2H3/p+1. The first kappa shape index (κ1) is 14.2. The quantitative estimate of drug-likeness (QED) is 0.946. The van der Waals surface area contributed by atoms with Crippen LogP contribution in [0.4, 0.5) is 0 Å². The first-order chi connectivity index (χ1) is 10.2. The largest absolute Gasteiger partial charge is 0.493 e. The van der Waals surface area contributed by atoms with Crippen molar-refractivity contribution >= 4 is 11.6 Å². The number of methoxy groups -OCH3 is 2. The Balaban J connectivity index is 2.11. The second-order valence-electron chi connectivity index (χ2n) is 5.18. The topological polar surface area (TPSA) is 35.1 Å². The molecule has 1 aliphatic heterocycles. The van der Waals surface area contributed by atoms with Gasteiger partial charge in [0.2, 0.25) is 0 Å². The van der Waals surface area contributed by atoms with Gasteiger partial charge in [0.05, 0.1) is 25.8 Å². The van der Waals surface area contributed by atoms with E-state index in [0.717, 1.165) is 35.1 Å². The fourth-order valence-corrected chi connectivity index (χ4v) is 3.25. The van der Waals surface area contributed by atoms with Crippen LogP contribution in [0.1, 0.15) is 22.7 Å². The van der Waals surface area contributed by atoms with Gasteiger partial charge in [-0.25, -0.2) is 0 Å². The lowest BCUT2D eigenvalue weighted by molar-refractivity contribution is -0.690. The highest BCUT2D eigenvalue weighted by Crippen LogP contribution is 2.36. The Morgan fingerprint density at radius 2 is 1.76 bits per heavy atom. The molecule has 2 aromatic carbocycles. The van der Waals surface area contributed by atoms with Crippen molar-refractivity contribution < 1.29 is 14.8 Å². The number of ether oxygens (including phenoxy) is 2. The molecule has 0 saturated carbocycles. The Bertz CT molecular complexity index is 657. The van der Waals surface area contributed by atoms with Crippen molar-refractivity contribution in [2.75, 3.05) is 20.8 Å². The van der Waals surface area contributed by atoms with Crippen LogP contribution in [-0.2, 0) is 6.42 Å². The van der Waals surface area contributed by atoms with E-state index in [1.807, 2.05) is 18.2 Å². The summed E-state index contributed by atoms with van der Waals surface area (Å²) in [5.41, 5.74) is 3.71. The van der Waals surface area contributed by atoms with Gasteiger partial charge in [-0.3, -0.25) is 0 Å². The van der Waals surface area contributed by atoms with E-state index in [4.69, 9.17) is 21.1 Å². The summed E-state index contributed by atoms with van der Waals surface area (Å²) in [5.74, 6) is 1.56. The minimum Gasteiger partial charge on any atom is -0.493 e. The molecule has 1 heterocycles. The van der Waals surface area contributed by atoms with Crippen LogP contribution < -0.4 is 14.8 Å². The number of fused-ring (bicyclic) bond motifs is 1. The zero-order valence-corrected chi connectivity index (χ0v) is 13.0. The molecule has 110 valence electrons. The lowest BCUT2D eigenvalue weighted by Gasteiger charge is -2.26. The summed E-state index contributed by atoms with van der Waals surface area (Å²) >= 11 is 6.38. The number of hydrogen-bond donors (Lipinski definition) is 1. The van der Waals surface area contributed by atoms with E-state index >= 15 is 0 Å². The molecule has 0 aromatic heterocycles. The van der Waals surface area contributed by atoms with Crippen molar-refractivity contribution in [3.8, 4) is 11.5 Å². The maximum atomic E-state index is 6.38. The molecular weight excluding hydrogens is 286 g/mol. The number of quaternary nitrogens is 1. The van der Waals surface area contributed by atoms with Crippen molar-refractivity contribution in [2.24, 2.45) is 0 Å². The average Bonchev–Trinajstić information content (AvgIpc) is 2.53. The van der Waals surface area contributed by atoms with E-state index in [1.165, 1.54) is 11.1 Å². The van der Waals surface area contributed by atoms with Gasteiger partial charge in [-0.1, -0.05) is 29.8 Å². The molecule has 21 heavy (non-hydrogen) atoms. The van der Waals surface area contributed by atoms with Gasteiger partial charge < -0.3 is 14.8 Å². The van der Waals surface area contributed by atoms with Crippen LogP contribution in [-0.4, -0.2) is 20.8 Å². The fraction of sp³-hybridized carbons (Fsp3) is 0.294. The van der Waals surface area contributed by atoms with E-state index in [2.05, 4.69) is 23.5 Å². The van der Waals surface area contributed by atoms with Gasteiger partial charge in [-0.15, -0.1) is 0 Å². The molecule has 1 unspecified atom stereocenters. The first-order valence-electron chi connectivity index (χ1n) is 7.07. The van der Waals surface area contributed by atoms with Crippen LogP contribution in [0.25, 0.3) is 0 Å². The number of hydrogen-bond acceptors (Lipinski definition) is 2. The number of nitrogens with two attached hydrogens (primary N) is 1. The first-order valence-corrected chi connectivity index (χ1v) is 7.45. The molecule has 3 nitrogen and oxygen atoms in total. The summed E-state index contributed by atoms with van der Waals surface area (Å²) < 4.78 is 10.9. The molecule has 0 aliphatic carbocycles. The van der Waals surface area contributed by atoms with Crippen LogP contribution in [0.3, 0.4) is 0 Å². The normalized spacial score (nSPS) is 17.2. The predicted octanol–water partition coefficient (Wildman–Crippen LogP) is 2.57. The molecule has 0 bridgehead atoms. The van der Waals surface area contributed by atoms with Crippen molar-refractivity contribution in [1.82, 2.24) is 0 Å². The molecule has 0 amide bonds. The van der Waals surface area contributed by atoms with Crippen molar-refractivity contribution in [3.63, 3.8) is 0 Å². The third-order valence-corrected chi connectivity index (χ3v) is 4.38. The van der Waals surface area contributed by atoms with Crippen molar-refractivity contribution in [2.45, 2.75) is 12.5 Å². The molecule has 1 atom stereocenters. The Kier molecular flexibility index (Phi) is 4.04. The summed E-state index contributed by atoms with van der Waals surface area (Å²) in [6, 6.07) is 12.4. The number of benzene rings is 2. The smallest absolute Gasteiger partial charge is 0.161 e. The van der Waals surface area contributed by atoms with E-state index in [0.29, 0.717) is 0 Å². The molecule has 0 spiro atoms. The highest BCUT2D eigenvalue weighted by atomic mass is 35.5. The third kappa shape index (κ3) is 2.59. The summed E-state index contributed by atoms with van der Waals surface area (Å²) in [4.78, 5) is 0. The maximum absolute atomic E-state index is 6.38. The van der Waals surface area contributed by atoms with Crippen LogP contribution in [0, 0.1) is 0 Å². The van der Waals surface area contributed by atoms with Crippen LogP contribution in [0.5, 0.6) is 11.5 Å². The molecule has 1 aliphatic rings. The molecular formula is C17H19ClNO2+. The highest BCUT2D eigenvalue weighted by Gasteiger charge is 2.28. The van der Waals surface area contributed by atoms with Gasteiger partial charge in [0.1, 0.15) is 6.04 Å². The third-order valence-electron chi connectivity index (χ3n) is 4.04. The van der Waals surface area contributed by atoms with E-state index in [9.17, 15) is 0 Å². The Hall–Kier alpha value is -1.71. The van der Waals surface area contributed by atoms with Gasteiger partial charge in [-0.2, -0.15) is 0 Å². The zero-order valence-electron chi connectivity index (χ0n) is 12.2. The van der Waals surface area contributed by atoms with Crippen LogP contribution >= 0.6 is 11.6 Å². The van der Waals surface area contributed by atoms with Crippen LogP contribution in [0.2, 0.25) is 5.02 Å². The number of halogens is 1. The summed E-state index contributed by atoms with van der Waals surface area (Å²) in [7, 11) is 3.34. The minimum absolute atomic E-state index is 0.210. The summed E-state index contributed by atoms with van der Waals surface area (Å²) in [6.45, 7) is 1.04.